The number of hydrogen-bond acceptors (Lipinski definition) is 3. The van der Waals surface area contributed by atoms with Crippen LogP contribution in [0.25, 0.3) is 0 Å². The molecule has 0 saturated carbocycles. The molecule has 0 amide bonds. The van der Waals surface area contributed by atoms with E-state index < -0.39 is 0 Å². The number of aliphatic hydroxyl groups excluding tert-OH is 1. The molecule has 1 atom stereocenters. The predicted molar refractivity (Wildman–Crippen MR) is 58.9 cm³/mol. The van der Waals surface area contributed by atoms with E-state index in [-0.39, 0.29) is 12.7 Å². The molecule has 0 spiro atoms. The van der Waals surface area contributed by atoms with Crippen LogP contribution in [0.4, 0.5) is 0 Å². The highest BCUT2D eigenvalue weighted by atomic mass is 16.5. The summed E-state index contributed by atoms with van der Waals surface area (Å²) >= 11 is 0. The Bertz CT molecular complexity index is 308. The maximum atomic E-state index is 9.00. The Kier molecular flexibility index (Phi) is 3.59. The molecule has 0 radical (unpaired) electrons. The number of nitrogens with one attached hydrogen (secondary N) is 1. The summed E-state index contributed by atoms with van der Waals surface area (Å²) in [6.45, 7) is 2.08. The van der Waals surface area contributed by atoms with Crippen molar-refractivity contribution in [2.75, 3.05) is 13.1 Å². The van der Waals surface area contributed by atoms with Gasteiger partial charge >= 0.3 is 0 Å². The fourth-order valence-corrected chi connectivity index (χ4v) is 1.83. The van der Waals surface area contributed by atoms with Crippen LogP contribution in [0.1, 0.15) is 18.4 Å². The van der Waals surface area contributed by atoms with Crippen molar-refractivity contribution in [2.45, 2.75) is 25.6 Å². The van der Waals surface area contributed by atoms with E-state index in [1.807, 2.05) is 24.3 Å². The fraction of sp³-hybridized carbons (Fsp3) is 0.500. The monoisotopic (exact) mass is 207 g/mol. The van der Waals surface area contributed by atoms with Gasteiger partial charge in [0.05, 0.1) is 6.61 Å². The van der Waals surface area contributed by atoms with Crippen LogP contribution >= 0.6 is 0 Å². The Balaban J connectivity index is 1.96. The molecule has 1 saturated heterocycles. The van der Waals surface area contributed by atoms with Crippen molar-refractivity contribution in [3.8, 4) is 5.75 Å². The number of hydrogen-bond donors (Lipinski definition) is 2. The zero-order valence-electron chi connectivity index (χ0n) is 8.78. The molecule has 2 rings (SSSR count). The Morgan fingerprint density at radius 1 is 1.47 bits per heavy atom. The average Bonchev–Trinajstić information content (AvgIpc) is 2.31. The van der Waals surface area contributed by atoms with Crippen molar-refractivity contribution in [1.29, 1.82) is 0 Å². The molecule has 1 aliphatic rings. The molecule has 1 fully saturated rings. The summed E-state index contributed by atoms with van der Waals surface area (Å²) < 4.78 is 5.82. The van der Waals surface area contributed by atoms with E-state index in [2.05, 4.69) is 5.32 Å². The van der Waals surface area contributed by atoms with E-state index in [9.17, 15) is 0 Å². The lowest BCUT2D eigenvalue weighted by Gasteiger charge is -2.24. The molecule has 0 bridgehead atoms. The van der Waals surface area contributed by atoms with Crippen molar-refractivity contribution in [3.63, 3.8) is 0 Å². The van der Waals surface area contributed by atoms with Gasteiger partial charge in [-0.25, -0.2) is 0 Å². The summed E-state index contributed by atoms with van der Waals surface area (Å²) in [5.74, 6) is 0.857. The molecule has 15 heavy (non-hydrogen) atoms. The average molecular weight is 207 g/mol. The number of rotatable bonds is 3. The normalized spacial score (nSPS) is 21.3. The maximum Gasteiger partial charge on any atom is 0.120 e. The lowest BCUT2D eigenvalue weighted by molar-refractivity contribution is 0.166. The van der Waals surface area contributed by atoms with Gasteiger partial charge in [-0.05, 0) is 37.1 Å². The number of aliphatic hydroxyl groups is 1. The topological polar surface area (TPSA) is 41.5 Å². The van der Waals surface area contributed by atoms with Gasteiger partial charge in [-0.3, -0.25) is 0 Å². The molecule has 1 aromatic rings. The maximum absolute atomic E-state index is 9.00. The second-order valence-corrected chi connectivity index (χ2v) is 3.89. The molecule has 2 N–H and O–H groups in total. The van der Waals surface area contributed by atoms with Crippen molar-refractivity contribution >= 4 is 0 Å². The van der Waals surface area contributed by atoms with Crippen LogP contribution in [0, 0.1) is 0 Å². The van der Waals surface area contributed by atoms with E-state index in [0.717, 1.165) is 30.8 Å². The summed E-state index contributed by atoms with van der Waals surface area (Å²) in [6.07, 6.45) is 2.55. The number of piperidine rings is 1. The standard InChI is InChI=1S/C12H17NO2/c14-9-10-3-1-4-11(7-10)15-12-5-2-6-13-8-12/h1,3-4,7,12-14H,2,5-6,8-9H2. The van der Waals surface area contributed by atoms with Crippen LogP contribution in [0.2, 0.25) is 0 Å². The molecule has 3 heteroatoms. The highest BCUT2D eigenvalue weighted by Gasteiger charge is 2.14. The molecule has 1 aromatic carbocycles. The summed E-state index contributed by atoms with van der Waals surface area (Å²) in [4.78, 5) is 0. The highest BCUT2D eigenvalue weighted by Crippen LogP contribution is 2.17. The zero-order chi connectivity index (χ0) is 10.5. The third-order valence-corrected chi connectivity index (χ3v) is 2.64. The Morgan fingerprint density at radius 3 is 3.13 bits per heavy atom. The van der Waals surface area contributed by atoms with Gasteiger partial charge in [0.2, 0.25) is 0 Å². The first kappa shape index (κ1) is 10.5. The summed E-state index contributed by atoms with van der Waals surface area (Å²) in [5.41, 5.74) is 0.899. The largest absolute Gasteiger partial charge is 0.489 e. The molecule has 1 unspecified atom stereocenters. The van der Waals surface area contributed by atoms with Gasteiger partial charge in [-0.1, -0.05) is 12.1 Å². The van der Waals surface area contributed by atoms with Gasteiger partial charge < -0.3 is 15.2 Å². The van der Waals surface area contributed by atoms with E-state index in [0.29, 0.717) is 0 Å². The van der Waals surface area contributed by atoms with Crippen LogP contribution in [0.15, 0.2) is 24.3 Å². The van der Waals surface area contributed by atoms with Gasteiger partial charge in [0.25, 0.3) is 0 Å². The minimum absolute atomic E-state index is 0.0696. The molecule has 3 nitrogen and oxygen atoms in total. The lowest BCUT2D eigenvalue weighted by Crippen LogP contribution is -2.37. The lowest BCUT2D eigenvalue weighted by atomic mass is 10.1. The summed E-state index contributed by atoms with van der Waals surface area (Å²) in [7, 11) is 0. The first-order chi connectivity index (χ1) is 7.38. The predicted octanol–water partition coefficient (Wildman–Crippen LogP) is 1.31. The fourth-order valence-electron chi connectivity index (χ4n) is 1.83. The first-order valence-corrected chi connectivity index (χ1v) is 5.45. The Labute approximate surface area is 90.1 Å². The van der Waals surface area contributed by atoms with Crippen molar-refractivity contribution in [3.05, 3.63) is 29.8 Å². The molecular weight excluding hydrogens is 190 g/mol. The van der Waals surface area contributed by atoms with Crippen molar-refractivity contribution < 1.29 is 9.84 Å². The third-order valence-electron chi connectivity index (χ3n) is 2.64. The third kappa shape index (κ3) is 2.94. The molecule has 0 aliphatic carbocycles. The van der Waals surface area contributed by atoms with Gasteiger partial charge in [-0.15, -0.1) is 0 Å². The van der Waals surface area contributed by atoms with Gasteiger partial charge in [-0.2, -0.15) is 0 Å². The Hall–Kier alpha value is -1.06. The van der Waals surface area contributed by atoms with E-state index in [1.165, 1.54) is 6.42 Å². The van der Waals surface area contributed by atoms with E-state index in [1.54, 1.807) is 0 Å². The van der Waals surface area contributed by atoms with E-state index >= 15 is 0 Å². The molecule has 1 aliphatic heterocycles. The van der Waals surface area contributed by atoms with Gasteiger partial charge in [0, 0.05) is 6.54 Å². The minimum Gasteiger partial charge on any atom is -0.489 e. The number of ether oxygens (including phenoxy) is 1. The van der Waals surface area contributed by atoms with Crippen molar-refractivity contribution in [1.82, 2.24) is 5.32 Å². The van der Waals surface area contributed by atoms with Gasteiger partial charge in [0.1, 0.15) is 11.9 Å². The second kappa shape index (κ2) is 5.14. The Morgan fingerprint density at radius 2 is 2.40 bits per heavy atom. The van der Waals surface area contributed by atoms with Crippen LogP contribution in [-0.4, -0.2) is 24.3 Å². The smallest absolute Gasteiger partial charge is 0.120 e. The van der Waals surface area contributed by atoms with Crippen LogP contribution in [-0.2, 0) is 6.61 Å². The highest BCUT2D eigenvalue weighted by molar-refractivity contribution is 5.28. The molecule has 1 heterocycles. The minimum atomic E-state index is 0.0696. The number of benzene rings is 1. The van der Waals surface area contributed by atoms with Gasteiger partial charge in [0.15, 0.2) is 0 Å². The summed E-state index contributed by atoms with van der Waals surface area (Å²) in [6, 6.07) is 7.64. The quantitative estimate of drug-likeness (QED) is 0.785. The molecule has 0 aromatic heterocycles. The van der Waals surface area contributed by atoms with E-state index in [4.69, 9.17) is 9.84 Å². The van der Waals surface area contributed by atoms with Crippen LogP contribution in [0.3, 0.4) is 0 Å². The SMILES string of the molecule is OCc1cccc(OC2CCCNC2)c1. The van der Waals surface area contributed by atoms with Crippen LogP contribution in [0.5, 0.6) is 5.75 Å². The molecular formula is C12H17NO2. The molecule has 82 valence electrons. The second-order valence-electron chi connectivity index (χ2n) is 3.89. The first-order valence-electron chi connectivity index (χ1n) is 5.45. The zero-order valence-corrected chi connectivity index (χ0v) is 8.78. The summed E-state index contributed by atoms with van der Waals surface area (Å²) in [5, 5.41) is 12.3. The van der Waals surface area contributed by atoms with Crippen LogP contribution < -0.4 is 10.1 Å². The van der Waals surface area contributed by atoms with Crippen molar-refractivity contribution in [2.24, 2.45) is 0 Å².